The molecule has 1 aromatic carbocycles. The van der Waals surface area contributed by atoms with Crippen molar-refractivity contribution in [2.75, 3.05) is 0 Å². The highest BCUT2D eigenvalue weighted by molar-refractivity contribution is 5.38. The standard InChI is InChI=1S/C15H16F3N3/c1-10-3-2-4-13(7-10)21-14(15(16,17)18)11(9-20-21)8-19-12-5-6-12/h2-4,7,9,12,19H,5-6,8H2,1H3. The molecule has 0 spiro atoms. The lowest BCUT2D eigenvalue weighted by Crippen LogP contribution is -2.20. The lowest BCUT2D eigenvalue weighted by Gasteiger charge is -2.13. The molecular weight excluding hydrogens is 279 g/mol. The lowest BCUT2D eigenvalue weighted by molar-refractivity contribution is -0.143. The van der Waals surface area contributed by atoms with Gasteiger partial charge in [-0.05, 0) is 37.5 Å². The molecule has 0 amide bonds. The molecule has 3 nitrogen and oxygen atoms in total. The summed E-state index contributed by atoms with van der Waals surface area (Å²) in [4.78, 5) is 0. The van der Waals surface area contributed by atoms with E-state index in [2.05, 4.69) is 10.4 Å². The summed E-state index contributed by atoms with van der Waals surface area (Å²) in [6.07, 6.45) is -1.05. The predicted octanol–water partition coefficient (Wildman–Crippen LogP) is 3.45. The number of aromatic nitrogens is 2. The quantitative estimate of drug-likeness (QED) is 0.936. The van der Waals surface area contributed by atoms with E-state index in [4.69, 9.17) is 0 Å². The van der Waals surface area contributed by atoms with Crippen molar-refractivity contribution < 1.29 is 13.2 Å². The van der Waals surface area contributed by atoms with Crippen molar-refractivity contribution in [3.05, 3.63) is 47.3 Å². The SMILES string of the molecule is Cc1cccc(-n2ncc(CNC3CC3)c2C(F)(F)F)c1. The number of halogens is 3. The summed E-state index contributed by atoms with van der Waals surface area (Å²) in [5.74, 6) is 0. The second-order valence-electron chi connectivity index (χ2n) is 5.42. The molecule has 0 bridgehead atoms. The highest BCUT2D eigenvalue weighted by Gasteiger charge is 2.38. The van der Waals surface area contributed by atoms with Gasteiger partial charge in [0.25, 0.3) is 0 Å². The molecular formula is C15H16F3N3. The zero-order chi connectivity index (χ0) is 15.0. The maximum Gasteiger partial charge on any atom is 0.433 e. The third-order valence-electron chi connectivity index (χ3n) is 3.52. The van der Waals surface area contributed by atoms with Crippen molar-refractivity contribution in [1.29, 1.82) is 0 Å². The minimum Gasteiger partial charge on any atom is -0.310 e. The molecule has 1 fully saturated rings. The van der Waals surface area contributed by atoms with E-state index in [0.717, 1.165) is 23.1 Å². The van der Waals surface area contributed by atoms with Gasteiger partial charge in [0.1, 0.15) is 0 Å². The van der Waals surface area contributed by atoms with Crippen molar-refractivity contribution in [2.45, 2.75) is 38.5 Å². The highest BCUT2D eigenvalue weighted by Crippen LogP contribution is 2.34. The Morgan fingerprint density at radius 3 is 2.71 bits per heavy atom. The van der Waals surface area contributed by atoms with Crippen LogP contribution in [-0.4, -0.2) is 15.8 Å². The molecule has 112 valence electrons. The number of aryl methyl sites for hydroxylation is 1. The minimum atomic E-state index is -4.43. The number of hydrogen-bond donors (Lipinski definition) is 1. The molecule has 6 heteroatoms. The maximum atomic E-state index is 13.4. The first-order chi connectivity index (χ1) is 9.95. The van der Waals surface area contributed by atoms with Crippen LogP contribution in [0.5, 0.6) is 0 Å². The van der Waals surface area contributed by atoms with Crippen LogP contribution < -0.4 is 5.32 Å². The summed E-state index contributed by atoms with van der Waals surface area (Å²) in [7, 11) is 0. The number of benzene rings is 1. The molecule has 0 unspecified atom stereocenters. The molecule has 1 aliphatic carbocycles. The van der Waals surface area contributed by atoms with Gasteiger partial charge >= 0.3 is 6.18 Å². The number of alkyl halides is 3. The van der Waals surface area contributed by atoms with Crippen molar-refractivity contribution >= 4 is 0 Å². The van der Waals surface area contributed by atoms with Crippen LogP contribution in [0.3, 0.4) is 0 Å². The third kappa shape index (κ3) is 3.10. The van der Waals surface area contributed by atoms with Gasteiger partial charge in [-0.3, -0.25) is 0 Å². The summed E-state index contributed by atoms with van der Waals surface area (Å²) >= 11 is 0. The van der Waals surface area contributed by atoms with Gasteiger partial charge in [-0.25, -0.2) is 4.68 Å². The Kier molecular flexibility index (Phi) is 3.49. The van der Waals surface area contributed by atoms with Crippen molar-refractivity contribution in [1.82, 2.24) is 15.1 Å². The first-order valence-corrected chi connectivity index (χ1v) is 6.89. The number of nitrogens with one attached hydrogen (secondary N) is 1. The van der Waals surface area contributed by atoms with Crippen LogP contribution in [0, 0.1) is 6.92 Å². The average molecular weight is 295 g/mol. The van der Waals surface area contributed by atoms with Gasteiger partial charge in [0, 0.05) is 18.2 Å². The fraction of sp³-hybridized carbons (Fsp3) is 0.400. The topological polar surface area (TPSA) is 29.9 Å². The molecule has 3 rings (SSSR count). The fourth-order valence-electron chi connectivity index (χ4n) is 2.31. The molecule has 21 heavy (non-hydrogen) atoms. The van der Waals surface area contributed by atoms with Gasteiger partial charge in [-0.1, -0.05) is 12.1 Å². The largest absolute Gasteiger partial charge is 0.433 e. The van der Waals surface area contributed by atoms with E-state index in [1.54, 1.807) is 18.2 Å². The Labute approximate surface area is 120 Å². The van der Waals surface area contributed by atoms with E-state index in [1.807, 2.05) is 13.0 Å². The molecule has 1 aromatic heterocycles. The summed E-state index contributed by atoms with van der Waals surface area (Å²) in [6.45, 7) is 2.04. The Hall–Kier alpha value is -1.82. The van der Waals surface area contributed by atoms with Crippen LogP contribution in [0.2, 0.25) is 0 Å². The molecule has 0 atom stereocenters. The van der Waals surface area contributed by atoms with Crippen LogP contribution in [0.15, 0.2) is 30.5 Å². The molecule has 0 radical (unpaired) electrons. The van der Waals surface area contributed by atoms with Crippen molar-refractivity contribution in [2.24, 2.45) is 0 Å². The Bertz CT molecular complexity index is 642. The summed E-state index contributed by atoms with van der Waals surface area (Å²) in [5, 5.41) is 7.06. The maximum absolute atomic E-state index is 13.4. The normalized spacial score (nSPS) is 15.4. The van der Waals surface area contributed by atoms with E-state index < -0.39 is 11.9 Å². The summed E-state index contributed by atoms with van der Waals surface area (Å²) < 4.78 is 41.1. The van der Waals surface area contributed by atoms with E-state index in [1.165, 1.54) is 6.20 Å². The Balaban J connectivity index is 1.99. The smallest absolute Gasteiger partial charge is 0.310 e. The zero-order valence-corrected chi connectivity index (χ0v) is 11.6. The molecule has 2 aromatic rings. The monoisotopic (exact) mass is 295 g/mol. The van der Waals surface area contributed by atoms with Crippen molar-refractivity contribution in [3.8, 4) is 5.69 Å². The minimum absolute atomic E-state index is 0.191. The lowest BCUT2D eigenvalue weighted by atomic mass is 10.2. The predicted molar refractivity (Wildman–Crippen MR) is 73.2 cm³/mol. The summed E-state index contributed by atoms with van der Waals surface area (Å²) in [6, 6.07) is 7.26. The number of hydrogen-bond acceptors (Lipinski definition) is 2. The molecule has 1 saturated carbocycles. The molecule has 1 N–H and O–H groups in total. The van der Waals surface area contributed by atoms with Crippen LogP contribution in [0.1, 0.15) is 29.7 Å². The molecule has 0 saturated heterocycles. The van der Waals surface area contributed by atoms with Crippen molar-refractivity contribution in [3.63, 3.8) is 0 Å². The molecule has 1 aliphatic rings. The average Bonchev–Trinajstić information content (AvgIpc) is 3.12. The first kappa shape index (κ1) is 14.1. The van der Waals surface area contributed by atoms with E-state index in [9.17, 15) is 13.2 Å². The highest BCUT2D eigenvalue weighted by atomic mass is 19.4. The van der Waals surface area contributed by atoms with E-state index in [0.29, 0.717) is 11.7 Å². The van der Waals surface area contributed by atoms with E-state index >= 15 is 0 Å². The van der Waals surface area contributed by atoms with Gasteiger partial charge < -0.3 is 5.32 Å². The first-order valence-electron chi connectivity index (χ1n) is 6.89. The molecule has 1 heterocycles. The summed E-state index contributed by atoms with van der Waals surface area (Å²) in [5.41, 5.74) is 0.825. The van der Waals surface area contributed by atoms with Gasteiger partial charge in [0.15, 0.2) is 5.69 Å². The Morgan fingerprint density at radius 1 is 1.33 bits per heavy atom. The molecule has 0 aliphatic heterocycles. The van der Waals surface area contributed by atoms with E-state index in [-0.39, 0.29) is 12.1 Å². The number of nitrogens with zero attached hydrogens (tertiary/aromatic N) is 2. The van der Waals surface area contributed by atoms with Gasteiger partial charge in [-0.2, -0.15) is 18.3 Å². The zero-order valence-electron chi connectivity index (χ0n) is 11.6. The fourth-order valence-corrected chi connectivity index (χ4v) is 2.31. The number of rotatable bonds is 4. The third-order valence-corrected chi connectivity index (χ3v) is 3.52. The second kappa shape index (κ2) is 5.18. The van der Waals surface area contributed by atoms with Crippen LogP contribution in [0.25, 0.3) is 5.69 Å². The second-order valence-corrected chi connectivity index (χ2v) is 5.42. The van der Waals surface area contributed by atoms with Gasteiger partial charge in [-0.15, -0.1) is 0 Å². The van der Waals surface area contributed by atoms with Crippen LogP contribution >= 0.6 is 0 Å². The van der Waals surface area contributed by atoms with Gasteiger partial charge in [0.2, 0.25) is 0 Å². The van der Waals surface area contributed by atoms with Crippen LogP contribution in [0.4, 0.5) is 13.2 Å². The van der Waals surface area contributed by atoms with Gasteiger partial charge in [0.05, 0.1) is 11.9 Å². The Morgan fingerprint density at radius 2 is 2.10 bits per heavy atom. The van der Waals surface area contributed by atoms with Crippen LogP contribution in [-0.2, 0) is 12.7 Å².